The molecule has 86 valence electrons. The first-order chi connectivity index (χ1) is 7.85. The van der Waals surface area contributed by atoms with Crippen LogP contribution < -0.4 is 10.1 Å². The number of rotatable bonds is 5. The molecule has 2 N–H and O–H groups in total. The first-order valence-corrected chi connectivity index (χ1v) is 5.36. The van der Waals surface area contributed by atoms with Crippen LogP contribution in [0.2, 0.25) is 0 Å². The fraction of sp³-hybridized carbons (Fsp3) is 0.500. The van der Waals surface area contributed by atoms with Crippen molar-refractivity contribution >= 4 is 17.1 Å². The molecule has 2 rings (SSSR count). The zero-order chi connectivity index (χ0) is 11.4. The van der Waals surface area contributed by atoms with Crippen LogP contribution in [0.3, 0.4) is 0 Å². The molecule has 0 aliphatic carbocycles. The van der Waals surface area contributed by atoms with Gasteiger partial charge in [0.15, 0.2) is 5.65 Å². The maximum absolute atomic E-state index is 5.60. The first-order valence-electron chi connectivity index (χ1n) is 5.36. The zero-order valence-electron chi connectivity index (χ0n) is 9.45. The van der Waals surface area contributed by atoms with Crippen molar-refractivity contribution in [3.8, 4) is 5.88 Å². The van der Waals surface area contributed by atoms with E-state index in [1.165, 1.54) is 0 Å². The summed E-state index contributed by atoms with van der Waals surface area (Å²) >= 11 is 0. The zero-order valence-corrected chi connectivity index (χ0v) is 9.45. The van der Waals surface area contributed by atoms with Gasteiger partial charge in [0.2, 0.25) is 11.8 Å². The number of aromatic amines is 1. The van der Waals surface area contributed by atoms with Crippen molar-refractivity contribution in [1.29, 1.82) is 0 Å². The fourth-order valence-electron chi connectivity index (χ4n) is 1.34. The van der Waals surface area contributed by atoms with E-state index in [9.17, 15) is 0 Å². The molecule has 0 bridgehead atoms. The summed E-state index contributed by atoms with van der Waals surface area (Å²) in [6.45, 7) is 2.78. The van der Waals surface area contributed by atoms with E-state index in [0.29, 0.717) is 24.1 Å². The highest BCUT2D eigenvalue weighted by Gasteiger charge is 2.09. The summed E-state index contributed by atoms with van der Waals surface area (Å²) < 4.78 is 5.60. The van der Waals surface area contributed by atoms with Crippen molar-refractivity contribution in [2.45, 2.75) is 19.8 Å². The van der Waals surface area contributed by atoms with E-state index < -0.39 is 0 Å². The number of ether oxygens (including phenoxy) is 1. The Morgan fingerprint density at radius 1 is 1.44 bits per heavy atom. The van der Waals surface area contributed by atoms with Crippen LogP contribution in [-0.4, -0.2) is 33.6 Å². The van der Waals surface area contributed by atoms with E-state index in [1.807, 2.05) is 0 Å². The Bertz CT molecular complexity index is 467. The van der Waals surface area contributed by atoms with Gasteiger partial charge in [-0.05, 0) is 6.42 Å². The largest absolute Gasteiger partial charge is 0.476 e. The van der Waals surface area contributed by atoms with E-state index in [-0.39, 0.29) is 0 Å². The lowest BCUT2D eigenvalue weighted by Gasteiger charge is -2.06. The minimum atomic E-state index is 0.520. The van der Waals surface area contributed by atoms with Gasteiger partial charge in [0.1, 0.15) is 5.52 Å². The molecule has 0 radical (unpaired) electrons. The highest BCUT2D eigenvalue weighted by molar-refractivity contribution is 5.76. The predicted molar refractivity (Wildman–Crippen MR) is 61.6 cm³/mol. The smallest absolute Gasteiger partial charge is 0.245 e. The van der Waals surface area contributed by atoms with E-state index >= 15 is 0 Å². The van der Waals surface area contributed by atoms with Crippen LogP contribution in [0.5, 0.6) is 5.88 Å². The van der Waals surface area contributed by atoms with Crippen LogP contribution in [0.25, 0.3) is 11.2 Å². The number of hydrogen-bond acceptors (Lipinski definition) is 5. The van der Waals surface area contributed by atoms with Gasteiger partial charge in [0.25, 0.3) is 0 Å². The monoisotopic (exact) mass is 221 g/mol. The number of H-pyrrole nitrogens is 1. The highest BCUT2D eigenvalue weighted by atomic mass is 16.5. The van der Waals surface area contributed by atoms with Gasteiger partial charge in [-0.25, -0.2) is 4.98 Å². The van der Waals surface area contributed by atoms with Crippen molar-refractivity contribution in [1.82, 2.24) is 19.9 Å². The molecule has 0 fully saturated rings. The molecule has 0 amide bonds. The Labute approximate surface area is 93.5 Å². The van der Waals surface area contributed by atoms with Crippen molar-refractivity contribution in [2.24, 2.45) is 0 Å². The van der Waals surface area contributed by atoms with Gasteiger partial charge in [0.05, 0.1) is 12.9 Å². The Morgan fingerprint density at radius 2 is 2.31 bits per heavy atom. The molecule has 0 aromatic carbocycles. The number of unbranched alkanes of at least 4 members (excludes halogenated alkanes) is 1. The molecule has 0 saturated carbocycles. The van der Waals surface area contributed by atoms with Crippen LogP contribution in [0, 0.1) is 0 Å². The maximum atomic E-state index is 5.60. The molecule has 6 heteroatoms. The number of fused-ring (bicyclic) bond motifs is 1. The van der Waals surface area contributed by atoms with Gasteiger partial charge in [-0.1, -0.05) is 13.3 Å². The standard InChI is InChI=1S/C10H15N5O/c1-3-4-5-16-9-7-8(13-6-12-7)14-10(11-2)15-9/h6H,3-5H2,1-2H3,(H2,11,12,13,14,15). The van der Waals surface area contributed by atoms with Crippen LogP contribution in [-0.2, 0) is 0 Å². The molecule has 2 heterocycles. The lowest BCUT2D eigenvalue weighted by Crippen LogP contribution is -2.03. The maximum Gasteiger partial charge on any atom is 0.245 e. The van der Waals surface area contributed by atoms with Gasteiger partial charge in [-0.3, -0.25) is 0 Å². The van der Waals surface area contributed by atoms with Crippen LogP contribution in [0.15, 0.2) is 6.33 Å². The van der Waals surface area contributed by atoms with Crippen molar-refractivity contribution in [2.75, 3.05) is 19.0 Å². The second-order valence-electron chi connectivity index (χ2n) is 3.41. The predicted octanol–water partition coefficient (Wildman–Crippen LogP) is 1.57. The molecule has 0 aliphatic rings. The molecular weight excluding hydrogens is 206 g/mol. The lowest BCUT2D eigenvalue weighted by atomic mass is 10.4. The molecule has 2 aromatic heterocycles. The van der Waals surface area contributed by atoms with E-state index in [4.69, 9.17) is 4.74 Å². The van der Waals surface area contributed by atoms with E-state index in [0.717, 1.165) is 18.4 Å². The Kier molecular flexibility index (Phi) is 3.19. The second-order valence-corrected chi connectivity index (χ2v) is 3.41. The normalized spacial score (nSPS) is 10.6. The molecule has 2 aromatic rings. The number of hydrogen-bond donors (Lipinski definition) is 2. The quantitative estimate of drug-likeness (QED) is 0.749. The first kappa shape index (κ1) is 10.7. The molecule has 0 unspecified atom stereocenters. The molecule has 0 aliphatic heterocycles. The fourth-order valence-corrected chi connectivity index (χ4v) is 1.34. The molecule has 16 heavy (non-hydrogen) atoms. The average Bonchev–Trinajstić information content (AvgIpc) is 2.77. The van der Waals surface area contributed by atoms with Crippen molar-refractivity contribution in [3.05, 3.63) is 6.33 Å². The summed E-state index contributed by atoms with van der Waals surface area (Å²) in [6, 6.07) is 0. The van der Waals surface area contributed by atoms with E-state index in [1.54, 1.807) is 13.4 Å². The number of nitrogens with one attached hydrogen (secondary N) is 2. The van der Waals surface area contributed by atoms with Crippen LogP contribution >= 0.6 is 0 Å². The Hall–Kier alpha value is -1.85. The molecule has 0 spiro atoms. The lowest BCUT2D eigenvalue weighted by molar-refractivity contribution is 0.301. The van der Waals surface area contributed by atoms with Gasteiger partial charge < -0.3 is 15.0 Å². The summed E-state index contributed by atoms with van der Waals surface area (Å²) in [7, 11) is 1.77. The Morgan fingerprint density at radius 3 is 3.06 bits per heavy atom. The average molecular weight is 221 g/mol. The molecule has 6 nitrogen and oxygen atoms in total. The van der Waals surface area contributed by atoms with Gasteiger partial charge in [0, 0.05) is 7.05 Å². The summed E-state index contributed by atoms with van der Waals surface area (Å²) in [6.07, 6.45) is 3.69. The summed E-state index contributed by atoms with van der Waals surface area (Å²) in [4.78, 5) is 15.5. The molecule has 0 saturated heterocycles. The molecule has 0 atom stereocenters. The summed E-state index contributed by atoms with van der Waals surface area (Å²) in [5.74, 6) is 1.08. The van der Waals surface area contributed by atoms with Gasteiger partial charge in [-0.2, -0.15) is 9.97 Å². The number of anilines is 1. The number of nitrogens with zero attached hydrogens (tertiary/aromatic N) is 3. The second kappa shape index (κ2) is 4.78. The third-order valence-corrected chi connectivity index (χ3v) is 2.21. The minimum absolute atomic E-state index is 0.520. The van der Waals surface area contributed by atoms with Gasteiger partial charge in [-0.15, -0.1) is 0 Å². The third kappa shape index (κ3) is 2.05. The van der Waals surface area contributed by atoms with E-state index in [2.05, 4.69) is 32.2 Å². The number of imidazole rings is 1. The highest BCUT2D eigenvalue weighted by Crippen LogP contribution is 2.20. The molecular formula is C10H15N5O. The van der Waals surface area contributed by atoms with Crippen LogP contribution in [0.4, 0.5) is 5.95 Å². The number of aromatic nitrogens is 4. The third-order valence-electron chi connectivity index (χ3n) is 2.21. The van der Waals surface area contributed by atoms with Crippen molar-refractivity contribution in [3.63, 3.8) is 0 Å². The van der Waals surface area contributed by atoms with Gasteiger partial charge >= 0.3 is 0 Å². The van der Waals surface area contributed by atoms with Crippen LogP contribution in [0.1, 0.15) is 19.8 Å². The summed E-state index contributed by atoms with van der Waals surface area (Å²) in [5.41, 5.74) is 1.36. The van der Waals surface area contributed by atoms with Crippen molar-refractivity contribution < 1.29 is 4.74 Å². The SMILES string of the molecule is CCCCOc1nc(NC)nc2nc[nH]c12. The minimum Gasteiger partial charge on any atom is -0.476 e. The summed E-state index contributed by atoms with van der Waals surface area (Å²) in [5, 5.41) is 2.88. The topological polar surface area (TPSA) is 75.7 Å². The Balaban J connectivity index is 2.29.